The van der Waals surface area contributed by atoms with Gasteiger partial charge in [-0.1, -0.05) is 55.8 Å². The molecule has 3 saturated heterocycles. The molecule has 214 valence electrons. The summed E-state index contributed by atoms with van der Waals surface area (Å²) in [7, 11) is 0. The first kappa shape index (κ1) is 30.8. The van der Waals surface area contributed by atoms with Crippen LogP contribution in [-0.4, -0.2) is 98.4 Å². The highest BCUT2D eigenvalue weighted by molar-refractivity contribution is 9.09. The van der Waals surface area contributed by atoms with Gasteiger partial charge in [0.05, 0.1) is 24.5 Å². The monoisotopic (exact) mass is 595 g/mol. The normalized spacial score (nSPS) is 30.4. The Balaban J connectivity index is 2.09. The molecule has 1 spiro atoms. The Morgan fingerprint density at radius 3 is 2.34 bits per heavy atom. The minimum Gasteiger partial charge on any atom is -0.395 e. The van der Waals surface area contributed by atoms with Crippen molar-refractivity contribution in [3.05, 3.63) is 25.3 Å². The van der Waals surface area contributed by atoms with Gasteiger partial charge in [0.1, 0.15) is 11.6 Å². The molecule has 8 nitrogen and oxygen atoms in total. The molecule has 3 heterocycles. The van der Waals surface area contributed by atoms with E-state index in [1.54, 1.807) is 22.0 Å². The van der Waals surface area contributed by atoms with Crippen molar-refractivity contribution in [1.82, 2.24) is 14.7 Å². The molecule has 0 aromatic heterocycles. The molecule has 0 aromatic carbocycles. The summed E-state index contributed by atoms with van der Waals surface area (Å²) in [5.74, 6) is -2.15. The van der Waals surface area contributed by atoms with Gasteiger partial charge in [0.2, 0.25) is 17.7 Å². The van der Waals surface area contributed by atoms with Gasteiger partial charge in [0.25, 0.3) is 0 Å². The number of nitrogens with zero attached hydrogens (tertiary/aromatic N) is 3. The summed E-state index contributed by atoms with van der Waals surface area (Å²) in [4.78, 5) is 47.3. The van der Waals surface area contributed by atoms with Crippen molar-refractivity contribution in [2.45, 2.75) is 88.9 Å². The molecule has 38 heavy (non-hydrogen) atoms. The maximum Gasteiger partial charge on any atom is 0.249 e. The third kappa shape index (κ3) is 5.35. The molecule has 0 saturated carbocycles. The van der Waals surface area contributed by atoms with Crippen molar-refractivity contribution in [3.8, 4) is 0 Å². The molecule has 0 aromatic rings. The van der Waals surface area contributed by atoms with Gasteiger partial charge < -0.3 is 24.5 Å². The molecule has 2 bridgehead atoms. The van der Waals surface area contributed by atoms with Crippen LogP contribution in [-0.2, 0) is 19.1 Å². The first-order valence-electron chi connectivity index (χ1n) is 13.8. The van der Waals surface area contributed by atoms with Gasteiger partial charge in [0.15, 0.2) is 0 Å². The van der Waals surface area contributed by atoms with Gasteiger partial charge in [0, 0.05) is 36.5 Å². The van der Waals surface area contributed by atoms with Gasteiger partial charge in [-0.25, -0.2) is 0 Å². The van der Waals surface area contributed by atoms with E-state index in [0.717, 1.165) is 12.8 Å². The second-order valence-corrected chi connectivity index (χ2v) is 14.0. The Hall–Kier alpha value is -1.71. The Morgan fingerprint density at radius 1 is 1.18 bits per heavy atom. The Kier molecular flexibility index (Phi) is 9.26. The lowest BCUT2D eigenvalue weighted by atomic mass is 9.70. The molecule has 0 radical (unpaired) electrons. The highest BCUT2D eigenvalue weighted by atomic mass is 79.9. The number of alkyl halides is 1. The number of ether oxygens (including phenoxy) is 1. The topological polar surface area (TPSA) is 90.4 Å². The van der Waals surface area contributed by atoms with Crippen LogP contribution in [0, 0.1) is 17.3 Å². The summed E-state index contributed by atoms with van der Waals surface area (Å²) in [5, 5.41) is 9.91. The van der Waals surface area contributed by atoms with Crippen LogP contribution in [0.2, 0.25) is 0 Å². The number of aliphatic hydroxyl groups excluding tert-OH is 1. The summed E-state index contributed by atoms with van der Waals surface area (Å²) in [6.45, 7) is 21.1. The number of carbonyl (C=O) groups is 3. The van der Waals surface area contributed by atoms with Gasteiger partial charge in [-0.05, 0) is 38.5 Å². The first-order chi connectivity index (χ1) is 17.7. The Bertz CT molecular complexity index is 947. The van der Waals surface area contributed by atoms with Gasteiger partial charge >= 0.3 is 0 Å². The van der Waals surface area contributed by atoms with Crippen molar-refractivity contribution in [2.75, 3.05) is 32.8 Å². The fourth-order valence-corrected chi connectivity index (χ4v) is 8.22. The number of β-amino-alcohol motifs (C(OH)–C–C–N with tert-alkyl or cyclic N) is 1. The molecule has 0 aliphatic carbocycles. The zero-order valence-corrected chi connectivity index (χ0v) is 25.5. The number of aliphatic hydroxyl groups is 1. The van der Waals surface area contributed by atoms with Crippen LogP contribution in [0.3, 0.4) is 0 Å². The highest BCUT2D eigenvalue weighted by Crippen LogP contribution is 2.60. The molecule has 3 rings (SSSR count). The van der Waals surface area contributed by atoms with Crippen molar-refractivity contribution in [3.63, 3.8) is 0 Å². The molecule has 1 N–H and O–H groups in total. The SMILES string of the molecule is C=CCN(CCC)C(=O)[C@H]1[C@@H]2OC3(CC2Br)C(C(=O)N(CC=C)C(C)(C)CC(C)(C)C)N(CCO)C(=O)[C@H]13. The lowest BCUT2D eigenvalue weighted by molar-refractivity contribution is -0.153. The standard InChI is InChI=1S/C29H46BrN3O5/c1-9-12-31(13-10-2)24(35)20-21-25(36)32(15-16-34)23(29(21)17-19(30)22(20)38-29)26(37)33(14-11-3)28(7,8)18-27(4,5)6/h9,11,19-23,34H,1,3,10,12-18H2,2,4-8H3/t19?,20-,21+,22-,23?,29?/m1/s1. The zero-order valence-electron chi connectivity index (χ0n) is 23.9. The largest absolute Gasteiger partial charge is 0.395 e. The Morgan fingerprint density at radius 2 is 1.82 bits per heavy atom. The van der Waals surface area contributed by atoms with Crippen LogP contribution in [0.5, 0.6) is 0 Å². The fraction of sp³-hybridized carbons (Fsp3) is 0.759. The summed E-state index contributed by atoms with van der Waals surface area (Å²) < 4.78 is 6.62. The maximum absolute atomic E-state index is 14.5. The van der Waals surface area contributed by atoms with Crippen LogP contribution in [0.1, 0.15) is 60.8 Å². The van der Waals surface area contributed by atoms with E-state index in [-0.39, 0.29) is 41.1 Å². The zero-order chi connectivity index (χ0) is 28.6. The van der Waals surface area contributed by atoms with Crippen LogP contribution < -0.4 is 0 Å². The molecule has 3 aliphatic heterocycles. The molecular weight excluding hydrogens is 550 g/mol. The smallest absolute Gasteiger partial charge is 0.249 e. The molecule has 3 amide bonds. The summed E-state index contributed by atoms with van der Waals surface area (Å²) >= 11 is 3.73. The average Bonchev–Trinajstić information content (AvgIpc) is 3.39. The van der Waals surface area contributed by atoms with Gasteiger partial charge in [-0.2, -0.15) is 0 Å². The lowest BCUT2D eigenvalue weighted by Gasteiger charge is -2.45. The quantitative estimate of drug-likeness (QED) is 0.276. The van der Waals surface area contributed by atoms with E-state index in [1.165, 1.54) is 4.90 Å². The number of hydrogen-bond donors (Lipinski definition) is 1. The summed E-state index contributed by atoms with van der Waals surface area (Å²) in [5.41, 5.74) is -1.73. The third-order valence-corrected chi connectivity index (χ3v) is 8.92. The Labute approximate surface area is 236 Å². The van der Waals surface area contributed by atoms with E-state index in [1.807, 2.05) is 20.8 Å². The predicted molar refractivity (Wildman–Crippen MR) is 152 cm³/mol. The van der Waals surface area contributed by atoms with E-state index in [9.17, 15) is 19.5 Å². The number of hydrogen-bond acceptors (Lipinski definition) is 5. The average molecular weight is 597 g/mol. The molecule has 6 atom stereocenters. The van der Waals surface area contributed by atoms with Crippen molar-refractivity contribution >= 4 is 33.7 Å². The van der Waals surface area contributed by atoms with Crippen LogP contribution >= 0.6 is 15.9 Å². The first-order valence-corrected chi connectivity index (χ1v) is 14.7. The second kappa shape index (κ2) is 11.4. The molecule has 3 aliphatic rings. The number of rotatable bonds is 12. The maximum atomic E-state index is 14.5. The van der Waals surface area contributed by atoms with Crippen molar-refractivity contribution in [2.24, 2.45) is 17.3 Å². The van der Waals surface area contributed by atoms with E-state index >= 15 is 0 Å². The third-order valence-electron chi connectivity index (χ3n) is 8.08. The highest BCUT2D eigenvalue weighted by Gasteiger charge is 2.77. The molecule has 3 unspecified atom stereocenters. The molecular formula is C29H46BrN3O5. The predicted octanol–water partition coefficient (Wildman–Crippen LogP) is 3.38. The van der Waals surface area contributed by atoms with Crippen LogP contribution in [0.15, 0.2) is 25.3 Å². The van der Waals surface area contributed by atoms with Gasteiger partial charge in [-0.3, -0.25) is 14.4 Å². The van der Waals surface area contributed by atoms with Crippen molar-refractivity contribution < 1.29 is 24.2 Å². The molecule has 9 heteroatoms. The van der Waals surface area contributed by atoms with Crippen LogP contribution in [0.4, 0.5) is 0 Å². The molecule has 3 fully saturated rings. The number of likely N-dealkylation sites (tertiary alicyclic amines) is 1. The van der Waals surface area contributed by atoms with E-state index < -0.39 is 35.1 Å². The lowest BCUT2D eigenvalue weighted by Crippen LogP contribution is -2.61. The summed E-state index contributed by atoms with van der Waals surface area (Å²) in [6, 6.07) is -0.937. The van der Waals surface area contributed by atoms with E-state index in [2.05, 4.69) is 49.9 Å². The van der Waals surface area contributed by atoms with E-state index in [0.29, 0.717) is 26.1 Å². The second-order valence-electron chi connectivity index (χ2n) is 12.8. The minimum absolute atomic E-state index is 0.00232. The number of halogens is 1. The number of fused-ring (bicyclic) bond motifs is 1. The van der Waals surface area contributed by atoms with Gasteiger partial charge in [-0.15, -0.1) is 13.2 Å². The van der Waals surface area contributed by atoms with Crippen molar-refractivity contribution in [1.29, 1.82) is 0 Å². The number of carbonyl (C=O) groups excluding carboxylic acids is 3. The minimum atomic E-state index is -1.15. The fourth-order valence-electron chi connectivity index (χ4n) is 7.27. The van der Waals surface area contributed by atoms with Crippen LogP contribution in [0.25, 0.3) is 0 Å². The van der Waals surface area contributed by atoms with E-state index in [4.69, 9.17) is 4.74 Å². The number of amides is 3. The summed E-state index contributed by atoms with van der Waals surface area (Å²) in [6.07, 6.45) is 4.82.